The lowest BCUT2D eigenvalue weighted by molar-refractivity contribution is -0.136. The number of nitrogens with zero attached hydrogens (tertiary/aromatic N) is 1. The Morgan fingerprint density at radius 2 is 2.10 bits per heavy atom. The summed E-state index contributed by atoms with van der Waals surface area (Å²) in [5.41, 5.74) is -0.454. The van der Waals surface area contributed by atoms with Crippen LogP contribution in [0.3, 0.4) is 0 Å². The lowest BCUT2D eigenvalue weighted by atomic mass is 9.77. The highest BCUT2D eigenvalue weighted by Crippen LogP contribution is 2.56. The fraction of sp³-hybridized carbons (Fsp3) is 0.667. The number of carbonyl (C=O) groups is 1. The molecule has 0 aliphatic heterocycles. The first-order valence-electron chi connectivity index (χ1n) is 12.3. The molecule has 5 aliphatic rings. The van der Waals surface area contributed by atoms with Gasteiger partial charge in [-0.05, 0) is 93.6 Å². The summed E-state index contributed by atoms with van der Waals surface area (Å²) in [7, 11) is 2.00. The molecule has 0 saturated heterocycles. The molecule has 0 aromatic heterocycles. The molecule has 3 saturated carbocycles. The first-order valence-corrected chi connectivity index (χ1v) is 12.3. The third kappa shape index (κ3) is 4.41. The molecule has 0 radical (unpaired) electrons. The van der Waals surface area contributed by atoms with Gasteiger partial charge in [0.2, 0.25) is 5.91 Å². The summed E-state index contributed by atoms with van der Waals surface area (Å²) in [6.45, 7) is 0.715. The van der Waals surface area contributed by atoms with E-state index < -0.39 is 5.60 Å². The van der Waals surface area contributed by atoms with Crippen molar-refractivity contribution in [2.45, 2.75) is 69.4 Å². The van der Waals surface area contributed by atoms with Gasteiger partial charge in [-0.15, -0.1) is 0 Å². The molecule has 5 aliphatic carbocycles. The Balaban J connectivity index is 1.14. The van der Waals surface area contributed by atoms with Crippen molar-refractivity contribution in [2.24, 2.45) is 29.6 Å². The molecule has 31 heavy (non-hydrogen) atoms. The van der Waals surface area contributed by atoms with E-state index in [1.807, 2.05) is 24.1 Å². The number of hydrogen-bond donors (Lipinski definition) is 1. The molecule has 0 aromatic rings. The molecule has 0 aromatic carbocycles. The molecule has 3 bridgehead atoms. The topological polar surface area (TPSA) is 49.8 Å². The summed E-state index contributed by atoms with van der Waals surface area (Å²) < 4.78 is 5.96. The van der Waals surface area contributed by atoms with Crippen molar-refractivity contribution in [3.8, 4) is 0 Å². The highest BCUT2D eigenvalue weighted by molar-refractivity contribution is 5.81. The standard InChI is InChI=1S/C27H37NO3/c1-28(25-12-7-20-15-22-17-27(30,16-20)18-24(22)25)26(29)21-8-10-23(11-9-21)31-14-13-19-5-3-2-4-6-19/h2-5,8,10-11,19-22,24-25,30H,6-7,9,12-18H2,1H3. The highest BCUT2D eigenvalue weighted by Gasteiger charge is 2.54. The van der Waals surface area contributed by atoms with Crippen LogP contribution in [0.15, 0.2) is 48.3 Å². The maximum absolute atomic E-state index is 13.3. The molecular weight excluding hydrogens is 386 g/mol. The van der Waals surface area contributed by atoms with Crippen LogP contribution in [0.4, 0.5) is 0 Å². The average Bonchev–Trinajstić information content (AvgIpc) is 2.94. The normalized spacial score (nSPS) is 40.5. The van der Waals surface area contributed by atoms with Crippen molar-refractivity contribution >= 4 is 5.91 Å². The summed E-state index contributed by atoms with van der Waals surface area (Å²) in [6.07, 6.45) is 23.9. The second-order valence-corrected chi connectivity index (χ2v) is 10.7. The predicted molar refractivity (Wildman–Crippen MR) is 122 cm³/mol. The quantitative estimate of drug-likeness (QED) is 0.669. The van der Waals surface area contributed by atoms with E-state index in [4.69, 9.17) is 4.74 Å². The van der Waals surface area contributed by atoms with Crippen LogP contribution < -0.4 is 0 Å². The number of ether oxygens (including phenoxy) is 1. The number of fused-ring (bicyclic) bond motifs is 2. The molecule has 1 N–H and O–H groups in total. The Labute approximate surface area is 186 Å². The van der Waals surface area contributed by atoms with Crippen molar-refractivity contribution in [2.75, 3.05) is 13.7 Å². The fourth-order valence-corrected chi connectivity index (χ4v) is 7.06. The lowest BCUT2D eigenvalue weighted by Gasteiger charge is -2.37. The zero-order valence-corrected chi connectivity index (χ0v) is 18.8. The molecule has 1 amide bonds. The Kier molecular flexibility index (Phi) is 5.85. The van der Waals surface area contributed by atoms with Crippen LogP contribution in [0.1, 0.15) is 57.8 Å². The van der Waals surface area contributed by atoms with Gasteiger partial charge >= 0.3 is 0 Å². The molecule has 7 unspecified atom stereocenters. The summed E-state index contributed by atoms with van der Waals surface area (Å²) in [6, 6.07) is 0.282. The minimum absolute atomic E-state index is 0.0931. The molecule has 4 heteroatoms. The molecule has 168 valence electrons. The molecule has 3 fully saturated rings. The minimum Gasteiger partial charge on any atom is -0.494 e. The number of carbonyl (C=O) groups excluding carboxylic acids is 1. The van der Waals surface area contributed by atoms with E-state index in [1.54, 1.807) is 0 Å². The monoisotopic (exact) mass is 423 g/mol. The highest BCUT2D eigenvalue weighted by atomic mass is 16.5. The molecule has 7 atom stereocenters. The van der Waals surface area contributed by atoms with Crippen LogP contribution in [0.25, 0.3) is 0 Å². The van der Waals surface area contributed by atoms with Gasteiger partial charge in [0.1, 0.15) is 5.76 Å². The molecular formula is C27H37NO3. The number of rotatable bonds is 6. The van der Waals surface area contributed by atoms with Gasteiger partial charge in [-0.1, -0.05) is 30.4 Å². The smallest absolute Gasteiger partial charge is 0.229 e. The zero-order chi connectivity index (χ0) is 21.4. The number of aliphatic hydroxyl groups is 1. The molecule has 0 heterocycles. The Morgan fingerprint density at radius 3 is 2.87 bits per heavy atom. The number of hydrogen-bond acceptors (Lipinski definition) is 3. The minimum atomic E-state index is -0.454. The fourth-order valence-electron chi connectivity index (χ4n) is 7.06. The predicted octanol–water partition coefficient (Wildman–Crippen LogP) is 4.77. The van der Waals surface area contributed by atoms with Gasteiger partial charge in [-0.25, -0.2) is 0 Å². The lowest BCUT2D eigenvalue weighted by Crippen LogP contribution is -2.45. The van der Waals surface area contributed by atoms with Crippen LogP contribution in [0.2, 0.25) is 0 Å². The molecule has 4 nitrogen and oxygen atoms in total. The van der Waals surface area contributed by atoms with E-state index in [1.165, 1.54) is 6.42 Å². The Bertz CT molecular complexity index is 811. The van der Waals surface area contributed by atoms with Crippen LogP contribution in [0.5, 0.6) is 0 Å². The van der Waals surface area contributed by atoms with Crippen molar-refractivity contribution in [3.05, 3.63) is 48.3 Å². The van der Waals surface area contributed by atoms with Crippen LogP contribution >= 0.6 is 0 Å². The van der Waals surface area contributed by atoms with E-state index in [2.05, 4.69) is 30.4 Å². The Hall–Kier alpha value is -1.81. The Morgan fingerprint density at radius 1 is 1.19 bits per heavy atom. The van der Waals surface area contributed by atoms with E-state index >= 15 is 0 Å². The van der Waals surface area contributed by atoms with Gasteiger partial charge in [-0.2, -0.15) is 0 Å². The third-order valence-electron chi connectivity index (χ3n) is 8.59. The van der Waals surface area contributed by atoms with E-state index in [9.17, 15) is 9.90 Å². The van der Waals surface area contributed by atoms with E-state index in [0.717, 1.165) is 50.7 Å². The number of amides is 1. The third-order valence-corrected chi connectivity index (χ3v) is 8.59. The van der Waals surface area contributed by atoms with Crippen molar-refractivity contribution in [1.82, 2.24) is 4.90 Å². The van der Waals surface area contributed by atoms with Crippen LogP contribution in [-0.4, -0.2) is 41.2 Å². The van der Waals surface area contributed by atoms with Gasteiger partial charge in [0.15, 0.2) is 0 Å². The largest absolute Gasteiger partial charge is 0.494 e. The second kappa shape index (κ2) is 8.61. The first-order chi connectivity index (χ1) is 15.0. The molecule has 5 rings (SSSR count). The van der Waals surface area contributed by atoms with Gasteiger partial charge in [0, 0.05) is 13.1 Å². The average molecular weight is 424 g/mol. The van der Waals surface area contributed by atoms with Gasteiger partial charge in [-0.3, -0.25) is 4.79 Å². The summed E-state index contributed by atoms with van der Waals surface area (Å²) in [4.78, 5) is 15.4. The summed E-state index contributed by atoms with van der Waals surface area (Å²) in [5, 5.41) is 11.0. The van der Waals surface area contributed by atoms with Gasteiger partial charge in [0.05, 0.1) is 18.1 Å². The van der Waals surface area contributed by atoms with Gasteiger partial charge < -0.3 is 14.7 Å². The summed E-state index contributed by atoms with van der Waals surface area (Å²) >= 11 is 0. The maximum atomic E-state index is 13.3. The van der Waals surface area contributed by atoms with Crippen molar-refractivity contribution in [3.63, 3.8) is 0 Å². The molecule has 0 spiro atoms. The maximum Gasteiger partial charge on any atom is 0.229 e. The van der Waals surface area contributed by atoms with Crippen molar-refractivity contribution < 1.29 is 14.6 Å². The van der Waals surface area contributed by atoms with E-state index in [-0.39, 0.29) is 17.9 Å². The van der Waals surface area contributed by atoms with E-state index in [0.29, 0.717) is 36.7 Å². The van der Waals surface area contributed by atoms with Crippen LogP contribution in [-0.2, 0) is 9.53 Å². The van der Waals surface area contributed by atoms with Crippen LogP contribution in [0, 0.1) is 29.6 Å². The second-order valence-electron chi connectivity index (χ2n) is 10.7. The first kappa shape index (κ1) is 21.1. The number of allylic oxidation sites excluding steroid dienone is 6. The van der Waals surface area contributed by atoms with Gasteiger partial charge in [0.25, 0.3) is 0 Å². The zero-order valence-electron chi connectivity index (χ0n) is 18.8. The SMILES string of the molecule is CN(C(=O)C1C=CC(OCCC2C=CC=CC2)=CC1)C1CCC2CC3CC(O)(C2)CC31. The summed E-state index contributed by atoms with van der Waals surface area (Å²) in [5.74, 6) is 3.33. The van der Waals surface area contributed by atoms with Crippen molar-refractivity contribution in [1.29, 1.82) is 0 Å².